The van der Waals surface area contributed by atoms with E-state index < -0.39 is 60.6 Å². The second kappa shape index (κ2) is 18.5. The van der Waals surface area contributed by atoms with Crippen LogP contribution in [0.2, 0.25) is 0 Å². The fraction of sp³-hybridized carbons (Fsp3) is 0.393. The Hall–Kier alpha value is -5.05. The first kappa shape index (κ1) is 42.0. The molecule has 0 amide bonds. The molecule has 2 heterocycles. The number of carboxylic acids is 4. The number of likely N-dealkylation sites (tertiary alicyclic amines) is 1. The topological polar surface area (TPSA) is 246 Å². The molecule has 7 N–H and O–H groups in total. The van der Waals surface area contributed by atoms with Crippen molar-refractivity contribution in [2.75, 3.05) is 6.54 Å². The van der Waals surface area contributed by atoms with Gasteiger partial charge in [0.25, 0.3) is 0 Å². The number of thiophene rings is 1. The van der Waals surface area contributed by atoms with E-state index in [0.29, 0.717) is 35.7 Å². The maximum absolute atomic E-state index is 12.9. The first-order chi connectivity index (χ1) is 22.5. The van der Waals surface area contributed by atoms with Crippen LogP contribution in [0.4, 0.5) is 26.3 Å². The fourth-order valence-corrected chi connectivity index (χ4v) is 4.92. The number of nitrogen functional groups attached to an aromatic ring is 1. The average Bonchev–Trinajstić information content (AvgIpc) is 3.45. The summed E-state index contributed by atoms with van der Waals surface area (Å²) in [6, 6.07) is 9.25. The number of carbonyl (C=O) groups excluding carboxylic acids is 2. The average molecular weight is 730 g/mol. The lowest BCUT2D eigenvalue weighted by atomic mass is 9.90. The summed E-state index contributed by atoms with van der Waals surface area (Å²) >= 11 is 1.25. The Morgan fingerprint density at radius 2 is 1.41 bits per heavy atom. The van der Waals surface area contributed by atoms with Gasteiger partial charge in [-0.15, -0.1) is 11.3 Å². The van der Waals surface area contributed by atoms with E-state index in [1.165, 1.54) is 11.3 Å². The first-order valence-electron chi connectivity index (χ1n) is 13.6. The summed E-state index contributed by atoms with van der Waals surface area (Å²) in [7, 11) is 0. The van der Waals surface area contributed by atoms with Gasteiger partial charge in [0, 0.05) is 23.4 Å². The highest BCUT2D eigenvalue weighted by Gasteiger charge is 2.39. The molecule has 2 atom stereocenters. The highest BCUT2D eigenvalue weighted by molar-refractivity contribution is 7.13. The van der Waals surface area contributed by atoms with Crippen LogP contribution in [0, 0.1) is 11.3 Å². The zero-order valence-electron chi connectivity index (χ0n) is 24.9. The standard InChI is InChI=1S/C24H27N3O7S.2C2HF3O2/c25-22(26)14-4-6-16(7-5-14)34-24(33)20-9-8-17(35-20)13-27-10-2-1-3-18(27)19(28)11-15(23(31)32)12-21(29)30;2*3-2(4,5)1(6)7/h4-9,15,18H,1-3,10-13H2,(H3,25,26)(H,29,30)(H,31,32);2*(H,6,7)/t15-,18-;;/m0../s1. The van der Waals surface area contributed by atoms with E-state index in [0.717, 1.165) is 17.7 Å². The molecule has 0 saturated carbocycles. The third kappa shape index (κ3) is 15.1. The van der Waals surface area contributed by atoms with Crippen molar-refractivity contribution in [2.24, 2.45) is 11.7 Å². The number of alkyl halides is 6. The molecular weight excluding hydrogens is 700 g/mol. The molecule has 1 aromatic heterocycles. The molecule has 21 heteroatoms. The number of hydrogen-bond donors (Lipinski definition) is 6. The van der Waals surface area contributed by atoms with Crippen LogP contribution in [0.3, 0.4) is 0 Å². The van der Waals surface area contributed by atoms with Crippen molar-refractivity contribution in [3.8, 4) is 5.75 Å². The van der Waals surface area contributed by atoms with Crippen LogP contribution in [-0.2, 0) is 30.5 Å². The van der Waals surface area contributed by atoms with Gasteiger partial charge in [-0.05, 0) is 55.8 Å². The minimum Gasteiger partial charge on any atom is -0.481 e. The van der Waals surface area contributed by atoms with Crippen molar-refractivity contribution in [3.05, 3.63) is 51.7 Å². The first-order valence-corrected chi connectivity index (χ1v) is 14.4. The van der Waals surface area contributed by atoms with E-state index in [1.54, 1.807) is 36.4 Å². The van der Waals surface area contributed by atoms with Gasteiger partial charge in [-0.3, -0.25) is 24.7 Å². The Balaban J connectivity index is 0.000000717. The number of hydrogen-bond acceptors (Lipinski definition) is 10. The fourth-order valence-electron chi connectivity index (χ4n) is 4.01. The number of ether oxygens (including phenoxy) is 1. The van der Waals surface area contributed by atoms with Crippen molar-refractivity contribution in [1.29, 1.82) is 5.41 Å². The van der Waals surface area contributed by atoms with Crippen LogP contribution < -0.4 is 10.5 Å². The molecule has 3 rings (SSSR count). The predicted octanol–water partition coefficient (Wildman–Crippen LogP) is 4.01. The van der Waals surface area contributed by atoms with E-state index in [-0.39, 0.29) is 18.0 Å². The number of nitrogens with one attached hydrogen (secondary N) is 1. The van der Waals surface area contributed by atoms with Crippen LogP contribution in [0.15, 0.2) is 36.4 Å². The van der Waals surface area contributed by atoms with Gasteiger partial charge < -0.3 is 30.9 Å². The van der Waals surface area contributed by atoms with E-state index in [1.807, 2.05) is 4.90 Å². The van der Waals surface area contributed by atoms with E-state index in [9.17, 15) is 50.6 Å². The molecule has 2 aromatic rings. The number of aliphatic carboxylic acids is 4. The van der Waals surface area contributed by atoms with Crippen molar-refractivity contribution in [2.45, 2.75) is 57.0 Å². The van der Waals surface area contributed by atoms with Crippen LogP contribution in [0.1, 0.15) is 52.2 Å². The molecular formula is C28H29F6N3O11S. The number of carboxylic acid groups (broad SMARTS) is 4. The Bertz CT molecular complexity index is 1490. The Morgan fingerprint density at radius 1 is 0.878 bits per heavy atom. The maximum Gasteiger partial charge on any atom is 0.490 e. The highest BCUT2D eigenvalue weighted by atomic mass is 32.1. The van der Waals surface area contributed by atoms with Gasteiger partial charge in [0.05, 0.1) is 18.4 Å². The quantitative estimate of drug-likeness (QED) is 0.0630. The summed E-state index contributed by atoms with van der Waals surface area (Å²) < 4.78 is 68.9. The van der Waals surface area contributed by atoms with E-state index >= 15 is 0 Å². The van der Waals surface area contributed by atoms with Crippen molar-refractivity contribution in [3.63, 3.8) is 0 Å². The molecule has 0 spiro atoms. The summed E-state index contributed by atoms with van der Waals surface area (Å²) in [6.07, 6.45) is -8.80. The highest BCUT2D eigenvalue weighted by Crippen LogP contribution is 2.27. The number of halogens is 6. The molecule has 1 saturated heterocycles. The smallest absolute Gasteiger partial charge is 0.481 e. The lowest BCUT2D eigenvalue weighted by Crippen LogP contribution is -2.45. The number of nitrogens with two attached hydrogens (primary N) is 1. The van der Waals surface area contributed by atoms with Crippen LogP contribution in [0.25, 0.3) is 0 Å². The van der Waals surface area contributed by atoms with Crippen molar-refractivity contribution >= 4 is 52.8 Å². The van der Waals surface area contributed by atoms with E-state index in [2.05, 4.69) is 0 Å². The lowest BCUT2D eigenvalue weighted by Gasteiger charge is -2.34. The largest absolute Gasteiger partial charge is 0.490 e. The van der Waals surface area contributed by atoms with E-state index in [4.69, 9.17) is 40.8 Å². The zero-order valence-corrected chi connectivity index (χ0v) is 25.7. The second-order valence-electron chi connectivity index (χ2n) is 9.98. The maximum atomic E-state index is 12.9. The molecule has 0 aliphatic carbocycles. The monoisotopic (exact) mass is 729 g/mol. The number of benzene rings is 1. The normalized spacial score (nSPS) is 15.3. The minimum atomic E-state index is -5.08. The van der Waals surface area contributed by atoms with Crippen LogP contribution in [0.5, 0.6) is 5.75 Å². The Kier molecular flexibility index (Phi) is 15.8. The van der Waals surface area contributed by atoms with Gasteiger partial charge in [0.15, 0.2) is 5.78 Å². The van der Waals surface area contributed by atoms with Gasteiger partial charge in [-0.1, -0.05) is 6.42 Å². The zero-order chi connectivity index (χ0) is 37.7. The van der Waals surface area contributed by atoms with Gasteiger partial charge in [0.1, 0.15) is 16.5 Å². The Morgan fingerprint density at radius 3 is 1.86 bits per heavy atom. The summed E-state index contributed by atoms with van der Waals surface area (Å²) in [4.78, 5) is 68.8. The number of ketones is 1. The van der Waals surface area contributed by atoms with Crippen molar-refractivity contribution in [1.82, 2.24) is 4.90 Å². The summed E-state index contributed by atoms with van der Waals surface area (Å²) in [6.45, 7) is 1.06. The molecule has 1 aromatic carbocycles. The number of esters is 1. The summed E-state index contributed by atoms with van der Waals surface area (Å²) in [5, 5.41) is 39.9. The van der Waals surface area contributed by atoms with Crippen LogP contribution in [-0.4, -0.2) is 91.7 Å². The number of Topliss-reactive ketones (excluding diaryl/α,β-unsaturated/α-hetero) is 1. The summed E-state index contributed by atoms with van der Waals surface area (Å²) in [5.74, 6) is -9.87. The van der Waals surface area contributed by atoms with Gasteiger partial charge >= 0.3 is 42.2 Å². The third-order valence-electron chi connectivity index (χ3n) is 6.29. The SMILES string of the molecule is N=C(N)c1ccc(OC(=O)c2ccc(CN3CCCC[C@H]3C(=O)C[C@@H](CC(=O)O)C(=O)O)s2)cc1.O=C(O)C(F)(F)F.O=C(O)C(F)(F)F. The minimum absolute atomic E-state index is 0.0827. The second-order valence-corrected chi connectivity index (χ2v) is 11.2. The molecule has 1 fully saturated rings. The molecule has 14 nitrogen and oxygen atoms in total. The Labute approximate surface area is 276 Å². The summed E-state index contributed by atoms with van der Waals surface area (Å²) in [5.41, 5.74) is 5.94. The van der Waals surface area contributed by atoms with Gasteiger partial charge in [-0.25, -0.2) is 14.4 Å². The molecule has 1 aliphatic heterocycles. The molecule has 270 valence electrons. The molecule has 1 aliphatic rings. The number of piperidine rings is 1. The number of carbonyl (C=O) groups is 6. The number of rotatable bonds is 11. The van der Waals surface area contributed by atoms with Crippen molar-refractivity contribution < 1.29 is 80.3 Å². The molecule has 0 radical (unpaired) electrons. The van der Waals surface area contributed by atoms with Gasteiger partial charge in [0.2, 0.25) is 0 Å². The molecule has 0 bridgehead atoms. The number of nitrogens with zero attached hydrogens (tertiary/aromatic N) is 1. The van der Waals surface area contributed by atoms with Gasteiger partial charge in [-0.2, -0.15) is 26.3 Å². The lowest BCUT2D eigenvalue weighted by molar-refractivity contribution is -0.193. The molecule has 49 heavy (non-hydrogen) atoms. The van der Waals surface area contributed by atoms with Crippen LogP contribution >= 0.6 is 11.3 Å². The number of amidine groups is 1. The third-order valence-corrected chi connectivity index (χ3v) is 7.34. The predicted molar refractivity (Wildman–Crippen MR) is 155 cm³/mol. The molecule has 0 unspecified atom stereocenters.